The normalized spacial score (nSPS) is 28.4. The van der Waals surface area contributed by atoms with Crippen LogP contribution >= 0.6 is 12.2 Å². The molecule has 1 heterocycles. The Labute approximate surface area is 55.3 Å². The zero-order chi connectivity index (χ0) is 6.15. The van der Waals surface area contributed by atoms with Crippen LogP contribution in [-0.4, -0.2) is 27.2 Å². The smallest absolute Gasteiger partial charge is 0.275 e. The van der Waals surface area contributed by atoms with Gasteiger partial charge in [0.25, 0.3) is 5.17 Å². The summed E-state index contributed by atoms with van der Waals surface area (Å²) in [5.41, 5.74) is 0. The SMILES string of the molecule is CN1CS(=O)OC1=S. The van der Waals surface area contributed by atoms with Gasteiger partial charge in [-0.2, -0.15) is 0 Å². The van der Waals surface area contributed by atoms with Gasteiger partial charge in [-0.25, -0.2) is 4.21 Å². The highest BCUT2D eigenvalue weighted by atomic mass is 32.2. The largest absolute Gasteiger partial charge is 0.370 e. The van der Waals surface area contributed by atoms with Crippen LogP contribution in [-0.2, 0) is 15.3 Å². The van der Waals surface area contributed by atoms with Crippen LogP contribution in [0.15, 0.2) is 0 Å². The molecule has 0 saturated carbocycles. The van der Waals surface area contributed by atoms with E-state index in [4.69, 9.17) is 0 Å². The summed E-state index contributed by atoms with van der Waals surface area (Å²) in [5.74, 6) is 0.402. The van der Waals surface area contributed by atoms with Gasteiger partial charge in [-0.15, -0.1) is 0 Å². The van der Waals surface area contributed by atoms with Crippen LogP contribution in [0.5, 0.6) is 0 Å². The van der Waals surface area contributed by atoms with Crippen molar-refractivity contribution in [3.8, 4) is 0 Å². The van der Waals surface area contributed by atoms with Crippen molar-refractivity contribution in [1.29, 1.82) is 0 Å². The van der Waals surface area contributed by atoms with Crippen LogP contribution in [0.2, 0.25) is 0 Å². The molecule has 1 rings (SSSR count). The minimum atomic E-state index is -1.20. The van der Waals surface area contributed by atoms with Crippen LogP contribution in [0.1, 0.15) is 0 Å². The van der Waals surface area contributed by atoms with Crippen molar-refractivity contribution in [2.45, 2.75) is 0 Å². The van der Waals surface area contributed by atoms with Gasteiger partial charge in [0, 0.05) is 7.05 Å². The van der Waals surface area contributed by atoms with E-state index in [2.05, 4.69) is 16.4 Å². The van der Waals surface area contributed by atoms with Crippen molar-refractivity contribution < 1.29 is 8.39 Å². The standard InChI is InChI=1S/C3H5NO2S2/c1-4-2-8(5)6-3(4)7/h2H2,1H3. The third-order valence-electron chi connectivity index (χ3n) is 0.775. The lowest BCUT2D eigenvalue weighted by Crippen LogP contribution is -2.17. The third kappa shape index (κ3) is 0.976. The molecular weight excluding hydrogens is 146 g/mol. The van der Waals surface area contributed by atoms with E-state index >= 15 is 0 Å². The maximum atomic E-state index is 10.4. The Balaban J connectivity index is 2.64. The lowest BCUT2D eigenvalue weighted by Gasteiger charge is -2.00. The highest BCUT2D eigenvalue weighted by molar-refractivity contribution is 7.85. The van der Waals surface area contributed by atoms with Gasteiger partial charge in [0.1, 0.15) is 5.88 Å². The van der Waals surface area contributed by atoms with Crippen molar-refractivity contribution in [3.05, 3.63) is 0 Å². The molecular formula is C3H5NO2S2. The lowest BCUT2D eigenvalue weighted by molar-refractivity contribution is 0.525. The highest BCUT2D eigenvalue weighted by Gasteiger charge is 2.20. The Kier molecular flexibility index (Phi) is 1.48. The number of nitrogens with zero attached hydrogens (tertiary/aromatic N) is 1. The molecule has 5 heteroatoms. The number of hydrogen-bond donors (Lipinski definition) is 0. The maximum absolute atomic E-state index is 10.4. The zero-order valence-electron chi connectivity index (χ0n) is 4.29. The van der Waals surface area contributed by atoms with Gasteiger partial charge in [0.05, 0.1) is 0 Å². The van der Waals surface area contributed by atoms with Crippen LogP contribution in [0.3, 0.4) is 0 Å². The van der Waals surface area contributed by atoms with Crippen LogP contribution < -0.4 is 0 Å². The van der Waals surface area contributed by atoms with Crippen molar-refractivity contribution in [2.24, 2.45) is 0 Å². The number of hydrogen-bond acceptors (Lipinski definition) is 3. The van der Waals surface area contributed by atoms with Crippen molar-refractivity contribution in [3.63, 3.8) is 0 Å². The van der Waals surface area contributed by atoms with Gasteiger partial charge in [-0.3, -0.25) is 0 Å². The van der Waals surface area contributed by atoms with E-state index in [0.717, 1.165) is 0 Å². The average Bonchev–Trinajstić information content (AvgIpc) is 1.85. The Morgan fingerprint density at radius 1 is 2.00 bits per heavy atom. The maximum Gasteiger partial charge on any atom is 0.275 e. The molecule has 1 atom stereocenters. The van der Waals surface area contributed by atoms with Crippen LogP contribution in [0, 0.1) is 0 Å². The van der Waals surface area contributed by atoms with Gasteiger partial charge >= 0.3 is 0 Å². The second-order valence-corrected chi connectivity index (χ2v) is 2.86. The van der Waals surface area contributed by atoms with E-state index in [-0.39, 0.29) is 0 Å². The van der Waals surface area contributed by atoms with Crippen molar-refractivity contribution in [1.82, 2.24) is 4.90 Å². The first-order valence-corrected chi connectivity index (χ1v) is 3.67. The minimum absolute atomic E-state index is 0.323. The molecule has 0 radical (unpaired) electrons. The Morgan fingerprint density at radius 3 is 2.75 bits per heavy atom. The molecule has 1 aliphatic heterocycles. The Bertz CT molecular complexity index is 146. The van der Waals surface area contributed by atoms with E-state index in [1.54, 1.807) is 11.9 Å². The summed E-state index contributed by atoms with van der Waals surface area (Å²) >= 11 is 3.43. The molecule has 1 fully saturated rings. The Morgan fingerprint density at radius 2 is 2.62 bits per heavy atom. The fourth-order valence-corrected chi connectivity index (χ4v) is 1.53. The zero-order valence-corrected chi connectivity index (χ0v) is 5.92. The Hall–Kier alpha value is -0.160. The summed E-state index contributed by atoms with van der Waals surface area (Å²) in [5, 5.41) is 0.323. The highest BCUT2D eigenvalue weighted by Crippen LogP contribution is 2.04. The van der Waals surface area contributed by atoms with E-state index in [9.17, 15) is 4.21 Å². The summed E-state index contributed by atoms with van der Waals surface area (Å²) in [6.45, 7) is 0. The molecule has 3 nitrogen and oxygen atoms in total. The molecule has 0 N–H and O–H groups in total. The van der Waals surface area contributed by atoms with Gasteiger partial charge in [0.2, 0.25) is 11.1 Å². The lowest BCUT2D eigenvalue weighted by atomic mass is 10.9. The summed E-state index contributed by atoms with van der Waals surface area (Å²) in [7, 11) is 1.74. The van der Waals surface area contributed by atoms with Crippen LogP contribution in [0.4, 0.5) is 0 Å². The summed E-state index contributed by atoms with van der Waals surface area (Å²) in [6.07, 6.45) is 0. The number of thiocarbonyl (C=S) groups is 1. The van der Waals surface area contributed by atoms with E-state index in [0.29, 0.717) is 11.1 Å². The molecule has 0 bridgehead atoms. The first-order valence-electron chi connectivity index (χ1n) is 2.02. The number of rotatable bonds is 0. The molecule has 1 unspecified atom stereocenters. The first kappa shape index (κ1) is 5.97. The molecule has 0 amide bonds. The minimum Gasteiger partial charge on any atom is -0.370 e. The molecule has 0 spiro atoms. The predicted molar refractivity (Wildman–Crippen MR) is 34.5 cm³/mol. The van der Waals surface area contributed by atoms with Gasteiger partial charge < -0.3 is 9.08 Å². The van der Waals surface area contributed by atoms with Gasteiger partial charge in [-0.1, -0.05) is 0 Å². The summed E-state index contributed by atoms with van der Waals surface area (Å²) in [4.78, 5) is 1.63. The molecule has 8 heavy (non-hydrogen) atoms. The molecule has 0 aromatic rings. The van der Waals surface area contributed by atoms with Gasteiger partial charge in [-0.05, 0) is 12.2 Å². The molecule has 0 aliphatic carbocycles. The molecule has 0 aromatic heterocycles. The molecule has 1 saturated heterocycles. The predicted octanol–water partition coefficient (Wildman–Crippen LogP) is -0.145. The quantitative estimate of drug-likeness (QED) is 0.450. The first-order chi connectivity index (χ1) is 3.70. The fourth-order valence-electron chi connectivity index (χ4n) is 0.380. The van der Waals surface area contributed by atoms with Crippen molar-refractivity contribution >= 4 is 28.5 Å². The summed E-state index contributed by atoms with van der Waals surface area (Å²) in [6, 6.07) is 0. The second-order valence-electron chi connectivity index (χ2n) is 1.48. The van der Waals surface area contributed by atoms with E-state index in [1.165, 1.54) is 0 Å². The topological polar surface area (TPSA) is 29.5 Å². The molecule has 0 aromatic carbocycles. The monoisotopic (exact) mass is 151 g/mol. The average molecular weight is 151 g/mol. The fraction of sp³-hybridized carbons (Fsp3) is 0.667. The van der Waals surface area contributed by atoms with E-state index in [1.807, 2.05) is 0 Å². The van der Waals surface area contributed by atoms with E-state index < -0.39 is 11.1 Å². The summed E-state index contributed by atoms with van der Waals surface area (Å²) < 4.78 is 15.0. The third-order valence-corrected chi connectivity index (χ3v) is 2.22. The molecule has 46 valence electrons. The molecule has 1 aliphatic rings. The second kappa shape index (κ2) is 1.99. The van der Waals surface area contributed by atoms with Crippen LogP contribution in [0.25, 0.3) is 0 Å². The van der Waals surface area contributed by atoms with Crippen molar-refractivity contribution in [2.75, 3.05) is 12.9 Å². The van der Waals surface area contributed by atoms with Gasteiger partial charge in [0.15, 0.2) is 0 Å².